The Labute approximate surface area is 80.4 Å². The summed E-state index contributed by atoms with van der Waals surface area (Å²) in [5.41, 5.74) is 0.936. The molecule has 0 radical (unpaired) electrons. The Hall–Kier alpha value is -1.13. The van der Waals surface area contributed by atoms with Gasteiger partial charge in [0.05, 0.1) is 10.6 Å². The smallest absolute Gasteiger partial charge is 0.236 e. The highest BCUT2D eigenvalue weighted by Crippen LogP contribution is 2.23. The zero-order valence-corrected chi connectivity index (χ0v) is 8.10. The van der Waals surface area contributed by atoms with Crippen LogP contribution in [0.25, 0.3) is 10.8 Å². The lowest BCUT2D eigenvalue weighted by Crippen LogP contribution is -2.04. The Morgan fingerprint density at radius 3 is 3.23 bits per heavy atom. The van der Waals surface area contributed by atoms with Gasteiger partial charge < -0.3 is 9.73 Å². The van der Waals surface area contributed by atoms with E-state index in [-0.39, 0.29) is 0 Å². The fourth-order valence-corrected chi connectivity index (χ4v) is 1.74. The molecule has 3 nitrogen and oxygen atoms in total. The van der Waals surface area contributed by atoms with Crippen molar-refractivity contribution in [2.75, 3.05) is 7.05 Å². The Morgan fingerprint density at radius 2 is 2.54 bits per heavy atom. The fourth-order valence-electron chi connectivity index (χ4n) is 1.08. The van der Waals surface area contributed by atoms with Gasteiger partial charge in [-0.15, -0.1) is 11.3 Å². The van der Waals surface area contributed by atoms with Crippen LogP contribution in [0.4, 0.5) is 0 Å². The zero-order valence-electron chi connectivity index (χ0n) is 7.28. The third-order valence-corrected chi connectivity index (χ3v) is 2.50. The van der Waals surface area contributed by atoms with Gasteiger partial charge in [-0.25, -0.2) is 4.98 Å². The van der Waals surface area contributed by atoms with Crippen molar-refractivity contribution >= 4 is 11.3 Å². The van der Waals surface area contributed by atoms with Crippen molar-refractivity contribution in [2.45, 2.75) is 6.54 Å². The van der Waals surface area contributed by atoms with Crippen molar-refractivity contribution in [3.8, 4) is 10.8 Å². The summed E-state index contributed by atoms with van der Waals surface area (Å²) in [6.45, 7) is 0.745. The number of rotatable bonds is 3. The van der Waals surface area contributed by atoms with Gasteiger partial charge in [0.15, 0.2) is 0 Å². The largest absolute Gasteiger partial charge is 0.444 e. The van der Waals surface area contributed by atoms with Crippen LogP contribution in [0.2, 0.25) is 0 Å². The molecule has 4 heteroatoms. The molecule has 0 aromatic carbocycles. The Morgan fingerprint density at radius 1 is 1.62 bits per heavy atom. The van der Waals surface area contributed by atoms with Crippen molar-refractivity contribution in [1.82, 2.24) is 10.3 Å². The second kappa shape index (κ2) is 3.72. The summed E-state index contributed by atoms with van der Waals surface area (Å²) in [6.07, 6.45) is 1.69. The first-order chi connectivity index (χ1) is 6.40. The lowest BCUT2D eigenvalue weighted by molar-refractivity contribution is 0.573. The quantitative estimate of drug-likeness (QED) is 0.813. The molecule has 13 heavy (non-hydrogen) atoms. The number of thiophene rings is 1. The molecule has 0 aliphatic carbocycles. The van der Waals surface area contributed by atoms with Gasteiger partial charge in [-0.3, -0.25) is 0 Å². The minimum atomic E-state index is 0.709. The van der Waals surface area contributed by atoms with Gasteiger partial charge in [-0.2, -0.15) is 0 Å². The number of nitrogens with zero attached hydrogens (tertiary/aromatic N) is 1. The number of hydrogen-bond acceptors (Lipinski definition) is 4. The summed E-state index contributed by atoms with van der Waals surface area (Å²) in [5.74, 6) is 0.709. The van der Waals surface area contributed by atoms with E-state index in [9.17, 15) is 0 Å². The lowest BCUT2D eigenvalue weighted by Gasteiger charge is -1.88. The summed E-state index contributed by atoms with van der Waals surface area (Å²) in [7, 11) is 1.89. The first-order valence-electron chi connectivity index (χ1n) is 4.03. The van der Waals surface area contributed by atoms with Crippen molar-refractivity contribution in [3.63, 3.8) is 0 Å². The molecule has 0 unspecified atom stereocenters. The van der Waals surface area contributed by atoms with E-state index >= 15 is 0 Å². The Kier molecular flexibility index (Phi) is 2.42. The van der Waals surface area contributed by atoms with Crippen LogP contribution in [0.3, 0.4) is 0 Å². The average molecular weight is 194 g/mol. The summed E-state index contributed by atoms with van der Waals surface area (Å²) >= 11 is 1.63. The molecule has 0 spiro atoms. The minimum absolute atomic E-state index is 0.709. The summed E-state index contributed by atoms with van der Waals surface area (Å²) < 4.78 is 5.32. The van der Waals surface area contributed by atoms with Crippen molar-refractivity contribution < 1.29 is 4.42 Å². The van der Waals surface area contributed by atoms with Gasteiger partial charge in [0.25, 0.3) is 0 Å². The number of oxazole rings is 1. The van der Waals surface area contributed by atoms with Crippen molar-refractivity contribution in [3.05, 3.63) is 29.5 Å². The molecular weight excluding hydrogens is 184 g/mol. The van der Waals surface area contributed by atoms with Gasteiger partial charge in [-0.05, 0) is 18.5 Å². The van der Waals surface area contributed by atoms with Crippen LogP contribution >= 0.6 is 11.3 Å². The highest BCUT2D eigenvalue weighted by molar-refractivity contribution is 7.13. The van der Waals surface area contributed by atoms with Crippen LogP contribution in [-0.4, -0.2) is 12.0 Å². The van der Waals surface area contributed by atoms with Gasteiger partial charge in [0.2, 0.25) is 5.89 Å². The molecule has 0 fully saturated rings. The molecule has 0 bridgehead atoms. The fraction of sp³-hybridized carbons (Fsp3) is 0.222. The van der Waals surface area contributed by atoms with E-state index in [4.69, 9.17) is 4.42 Å². The maximum atomic E-state index is 5.32. The maximum absolute atomic E-state index is 5.32. The molecule has 0 saturated carbocycles. The minimum Gasteiger partial charge on any atom is -0.444 e. The molecule has 2 aromatic rings. The van der Waals surface area contributed by atoms with Crippen LogP contribution in [0.15, 0.2) is 28.2 Å². The van der Waals surface area contributed by atoms with Gasteiger partial charge in [-0.1, -0.05) is 6.07 Å². The normalized spacial score (nSPS) is 10.5. The topological polar surface area (TPSA) is 38.1 Å². The molecular formula is C9H10N2OS. The van der Waals surface area contributed by atoms with Crippen LogP contribution in [0.1, 0.15) is 5.69 Å². The molecule has 0 atom stereocenters. The van der Waals surface area contributed by atoms with Gasteiger partial charge >= 0.3 is 0 Å². The SMILES string of the molecule is CNCc1coc(-c2cccs2)n1. The first-order valence-corrected chi connectivity index (χ1v) is 4.91. The number of nitrogens with one attached hydrogen (secondary N) is 1. The third-order valence-electron chi connectivity index (χ3n) is 1.64. The van der Waals surface area contributed by atoms with Crippen molar-refractivity contribution in [2.24, 2.45) is 0 Å². The second-order valence-corrected chi connectivity index (χ2v) is 3.60. The summed E-state index contributed by atoms with van der Waals surface area (Å²) in [5, 5.41) is 5.03. The molecule has 1 N–H and O–H groups in total. The molecule has 2 heterocycles. The molecule has 0 aliphatic rings. The Balaban J connectivity index is 2.23. The van der Waals surface area contributed by atoms with Crippen LogP contribution in [0, 0.1) is 0 Å². The van der Waals surface area contributed by atoms with E-state index in [2.05, 4.69) is 10.3 Å². The molecule has 68 valence electrons. The standard InChI is InChI=1S/C9H10N2OS/c1-10-5-7-6-12-9(11-7)8-3-2-4-13-8/h2-4,6,10H,5H2,1H3. The van der Waals surface area contributed by atoms with Crippen LogP contribution < -0.4 is 5.32 Å². The molecule has 2 aromatic heterocycles. The van der Waals surface area contributed by atoms with Crippen LogP contribution in [0.5, 0.6) is 0 Å². The van der Waals surface area contributed by atoms with E-state index < -0.39 is 0 Å². The average Bonchev–Trinajstić information content (AvgIpc) is 2.70. The highest BCUT2D eigenvalue weighted by Gasteiger charge is 2.05. The lowest BCUT2D eigenvalue weighted by atomic mass is 10.4. The molecule has 0 amide bonds. The monoisotopic (exact) mass is 194 g/mol. The number of hydrogen-bond donors (Lipinski definition) is 1. The van der Waals surface area contributed by atoms with Gasteiger partial charge in [0, 0.05) is 6.54 Å². The van der Waals surface area contributed by atoms with Crippen LogP contribution in [-0.2, 0) is 6.54 Å². The highest BCUT2D eigenvalue weighted by atomic mass is 32.1. The molecule has 2 rings (SSSR count). The molecule has 0 aliphatic heterocycles. The summed E-state index contributed by atoms with van der Waals surface area (Å²) in [6, 6.07) is 3.99. The van der Waals surface area contributed by atoms with Gasteiger partial charge in [0.1, 0.15) is 6.26 Å². The van der Waals surface area contributed by atoms with E-state index in [1.165, 1.54) is 0 Å². The number of aromatic nitrogens is 1. The van der Waals surface area contributed by atoms with E-state index in [1.54, 1.807) is 17.6 Å². The van der Waals surface area contributed by atoms with E-state index in [0.717, 1.165) is 17.1 Å². The predicted molar refractivity (Wildman–Crippen MR) is 52.6 cm³/mol. The Bertz CT molecular complexity index is 367. The van der Waals surface area contributed by atoms with E-state index in [1.807, 2.05) is 24.6 Å². The van der Waals surface area contributed by atoms with Crippen molar-refractivity contribution in [1.29, 1.82) is 0 Å². The first kappa shape index (κ1) is 8.47. The summed E-state index contributed by atoms with van der Waals surface area (Å²) in [4.78, 5) is 5.40. The molecule has 0 saturated heterocycles. The van der Waals surface area contributed by atoms with E-state index in [0.29, 0.717) is 5.89 Å². The third kappa shape index (κ3) is 1.79. The predicted octanol–water partition coefficient (Wildman–Crippen LogP) is 2.12. The maximum Gasteiger partial charge on any atom is 0.236 e. The second-order valence-electron chi connectivity index (χ2n) is 2.65. The zero-order chi connectivity index (χ0) is 9.10.